The zero-order chi connectivity index (χ0) is 18.2. The van der Waals surface area contributed by atoms with Gasteiger partial charge in [-0.15, -0.1) is 0 Å². The van der Waals surface area contributed by atoms with Crippen molar-refractivity contribution in [3.63, 3.8) is 0 Å². The second-order valence-corrected chi connectivity index (χ2v) is 5.95. The third-order valence-electron chi connectivity index (χ3n) is 3.88. The number of hydrogen-bond acceptors (Lipinski definition) is 5. The third kappa shape index (κ3) is 5.77. The van der Waals surface area contributed by atoms with Gasteiger partial charge in [-0.05, 0) is 48.7 Å². The molecule has 25 heavy (non-hydrogen) atoms. The van der Waals surface area contributed by atoms with E-state index in [9.17, 15) is 15.0 Å². The lowest BCUT2D eigenvalue weighted by molar-refractivity contribution is -0.105. The number of methoxy groups -OCH3 is 1. The molecule has 6 heteroatoms. The van der Waals surface area contributed by atoms with Crippen molar-refractivity contribution >= 4 is 12.1 Å². The molecule has 4 N–H and O–H groups in total. The number of aliphatic hydroxyl groups excluding tert-OH is 1. The van der Waals surface area contributed by atoms with Crippen molar-refractivity contribution in [3.05, 3.63) is 53.6 Å². The van der Waals surface area contributed by atoms with Gasteiger partial charge in [0, 0.05) is 12.5 Å². The summed E-state index contributed by atoms with van der Waals surface area (Å²) in [6.45, 7) is 2.00. The minimum atomic E-state index is -0.734. The van der Waals surface area contributed by atoms with Crippen LogP contribution in [0.1, 0.15) is 18.1 Å². The Morgan fingerprint density at radius 3 is 2.44 bits per heavy atom. The first-order valence-corrected chi connectivity index (χ1v) is 8.11. The minimum Gasteiger partial charge on any atom is -0.506 e. The number of phenolic OH excluding ortho intramolecular Hbond substituents is 1. The molecule has 0 aliphatic heterocycles. The molecular weight excluding hydrogens is 320 g/mol. The molecule has 0 unspecified atom stereocenters. The highest BCUT2D eigenvalue weighted by atomic mass is 16.5. The average Bonchev–Trinajstić information content (AvgIpc) is 2.58. The molecule has 0 heterocycles. The number of benzene rings is 2. The fourth-order valence-electron chi connectivity index (χ4n) is 2.67. The first-order chi connectivity index (χ1) is 12.0. The number of hydrogen-bond donors (Lipinski definition) is 4. The van der Waals surface area contributed by atoms with E-state index < -0.39 is 6.23 Å². The molecule has 0 aliphatic rings. The Labute approximate surface area is 147 Å². The molecule has 2 aromatic rings. The molecule has 0 radical (unpaired) electrons. The van der Waals surface area contributed by atoms with Gasteiger partial charge >= 0.3 is 0 Å². The Hall–Kier alpha value is -2.57. The average molecular weight is 344 g/mol. The van der Waals surface area contributed by atoms with E-state index in [4.69, 9.17) is 4.74 Å². The standard InChI is InChI=1S/C19H24N2O4/c1-13(9-14-3-6-16(25-2)7-4-14)21-19(24)11-15-5-8-18(23)17(10-15)20-12-22/h3-8,10,12-13,19,21,23-24H,9,11H2,1-2H3,(H,20,22)/t13-,19-/m1/s1. The number of amides is 1. The van der Waals surface area contributed by atoms with Crippen LogP contribution in [-0.2, 0) is 17.6 Å². The van der Waals surface area contributed by atoms with Crippen LogP contribution in [0.25, 0.3) is 0 Å². The summed E-state index contributed by atoms with van der Waals surface area (Å²) in [6, 6.07) is 12.8. The monoisotopic (exact) mass is 344 g/mol. The quantitative estimate of drug-likeness (QED) is 0.317. The zero-order valence-corrected chi connectivity index (χ0v) is 14.4. The molecule has 6 nitrogen and oxygen atoms in total. The normalized spacial score (nSPS) is 13.1. The first kappa shape index (κ1) is 18.8. The summed E-state index contributed by atoms with van der Waals surface area (Å²) in [6.07, 6.45) is 0.904. The molecule has 0 saturated carbocycles. The van der Waals surface area contributed by atoms with Gasteiger partial charge in [0.25, 0.3) is 0 Å². The van der Waals surface area contributed by atoms with E-state index in [1.165, 1.54) is 6.07 Å². The molecule has 1 amide bonds. The lowest BCUT2D eigenvalue weighted by atomic mass is 10.1. The molecule has 0 fully saturated rings. The summed E-state index contributed by atoms with van der Waals surface area (Å²) < 4.78 is 5.14. The van der Waals surface area contributed by atoms with E-state index in [0.717, 1.165) is 23.3 Å². The number of aromatic hydroxyl groups is 1. The second kappa shape index (κ2) is 9.05. The maximum Gasteiger partial charge on any atom is 0.211 e. The van der Waals surface area contributed by atoms with E-state index in [-0.39, 0.29) is 11.8 Å². The van der Waals surface area contributed by atoms with Crippen LogP contribution in [0.2, 0.25) is 0 Å². The molecule has 2 aromatic carbocycles. The van der Waals surface area contributed by atoms with Crippen LogP contribution in [-0.4, -0.2) is 36.0 Å². The van der Waals surface area contributed by atoms with Crippen LogP contribution in [0.15, 0.2) is 42.5 Å². The van der Waals surface area contributed by atoms with E-state index in [1.807, 2.05) is 31.2 Å². The second-order valence-electron chi connectivity index (χ2n) is 5.95. The molecule has 2 atom stereocenters. The van der Waals surface area contributed by atoms with Crippen molar-refractivity contribution in [1.29, 1.82) is 0 Å². The number of rotatable bonds is 9. The predicted octanol–water partition coefficient (Wildman–Crippen LogP) is 2.05. The van der Waals surface area contributed by atoms with Gasteiger partial charge in [0.1, 0.15) is 17.7 Å². The third-order valence-corrected chi connectivity index (χ3v) is 3.88. The Kier molecular flexibility index (Phi) is 6.80. The Bertz CT molecular complexity index is 688. The van der Waals surface area contributed by atoms with Crippen LogP contribution in [0.3, 0.4) is 0 Å². The van der Waals surface area contributed by atoms with Crippen molar-refractivity contribution < 1.29 is 19.7 Å². The smallest absolute Gasteiger partial charge is 0.211 e. The van der Waals surface area contributed by atoms with Crippen LogP contribution >= 0.6 is 0 Å². The predicted molar refractivity (Wildman–Crippen MR) is 96.8 cm³/mol. The van der Waals surface area contributed by atoms with Crippen molar-refractivity contribution in [2.24, 2.45) is 0 Å². The lowest BCUT2D eigenvalue weighted by Crippen LogP contribution is -2.39. The fraction of sp³-hybridized carbons (Fsp3) is 0.316. The Morgan fingerprint density at radius 1 is 1.12 bits per heavy atom. The zero-order valence-electron chi connectivity index (χ0n) is 14.4. The van der Waals surface area contributed by atoms with Gasteiger partial charge in [-0.3, -0.25) is 10.1 Å². The molecule has 0 saturated heterocycles. The van der Waals surface area contributed by atoms with Crippen molar-refractivity contribution in [3.8, 4) is 11.5 Å². The van der Waals surface area contributed by atoms with Gasteiger partial charge in [0.15, 0.2) is 0 Å². The van der Waals surface area contributed by atoms with Crippen LogP contribution < -0.4 is 15.4 Å². The maximum atomic E-state index is 10.5. The van der Waals surface area contributed by atoms with Crippen LogP contribution in [0, 0.1) is 0 Å². The molecule has 134 valence electrons. The lowest BCUT2D eigenvalue weighted by Gasteiger charge is -2.20. The largest absolute Gasteiger partial charge is 0.506 e. The van der Waals surface area contributed by atoms with Gasteiger partial charge in [-0.2, -0.15) is 0 Å². The maximum absolute atomic E-state index is 10.5. The molecule has 2 rings (SSSR count). The van der Waals surface area contributed by atoms with E-state index in [0.29, 0.717) is 18.5 Å². The van der Waals surface area contributed by atoms with Gasteiger partial charge in [-0.1, -0.05) is 18.2 Å². The fourth-order valence-corrected chi connectivity index (χ4v) is 2.67. The first-order valence-electron chi connectivity index (χ1n) is 8.11. The summed E-state index contributed by atoms with van der Waals surface area (Å²) in [4.78, 5) is 10.5. The summed E-state index contributed by atoms with van der Waals surface area (Å²) in [5, 5.41) is 25.5. The highest BCUT2D eigenvalue weighted by Gasteiger charge is 2.12. The highest BCUT2D eigenvalue weighted by Crippen LogP contribution is 2.24. The van der Waals surface area contributed by atoms with Crippen molar-refractivity contribution in [1.82, 2.24) is 5.32 Å². The highest BCUT2D eigenvalue weighted by molar-refractivity contribution is 5.75. The topological polar surface area (TPSA) is 90.8 Å². The molecular formula is C19H24N2O4. The van der Waals surface area contributed by atoms with E-state index in [1.54, 1.807) is 19.2 Å². The number of ether oxygens (including phenoxy) is 1. The van der Waals surface area contributed by atoms with Gasteiger partial charge < -0.3 is 20.3 Å². The minimum absolute atomic E-state index is 0.00817. The summed E-state index contributed by atoms with van der Waals surface area (Å²) in [7, 11) is 1.63. The Balaban J connectivity index is 1.89. The number of carbonyl (C=O) groups excluding carboxylic acids is 1. The van der Waals surface area contributed by atoms with Gasteiger partial charge in [-0.25, -0.2) is 0 Å². The Morgan fingerprint density at radius 2 is 1.80 bits per heavy atom. The molecule has 0 aromatic heterocycles. The van der Waals surface area contributed by atoms with Crippen molar-refractivity contribution in [2.75, 3.05) is 12.4 Å². The molecule has 0 aliphatic carbocycles. The van der Waals surface area contributed by atoms with Gasteiger partial charge in [0.2, 0.25) is 6.41 Å². The van der Waals surface area contributed by atoms with Crippen LogP contribution in [0.4, 0.5) is 5.69 Å². The summed E-state index contributed by atoms with van der Waals surface area (Å²) >= 11 is 0. The summed E-state index contributed by atoms with van der Waals surface area (Å²) in [5.74, 6) is 0.808. The number of phenols is 1. The summed E-state index contributed by atoms with van der Waals surface area (Å²) in [5.41, 5.74) is 2.28. The van der Waals surface area contributed by atoms with Gasteiger partial charge in [0.05, 0.1) is 12.8 Å². The van der Waals surface area contributed by atoms with E-state index in [2.05, 4.69) is 10.6 Å². The van der Waals surface area contributed by atoms with Crippen LogP contribution in [0.5, 0.6) is 11.5 Å². The number of carbonyl (C=O) groups is 1. The van der Waals surface area contributed by atoms with Crippen molar-refractivity contribution in [2.45, 2.75) is 32.0 Å². The number of nitrogens with one attached hydrogen (secondary N) is 2. The molecule has 0 spiro atoms. The number of anilines is 1. The SMILES string of the molecule is COc1ccc(C[C@@H](C)N[C@H](O)Cc2ccc(O)c(NC=O)c2)cc1. The van der Waals surface area contributed by atoms with E-state index >= 15 is 0 Å². The number of aliphatic hydroxyl groups is 1. The molecule has 0 bridgehead atoms.